The van der Waals surface area contributed by atoms with Crippen LogP contribution in [0.1, 0.15) is 28.8 Å². The van der Waals surface area contributed by atoms with Gasteiger partial charge in [-0.05, 0) is 42.5 Å². The molecule has 21 heavy (non-hydrogen) atoms. The Morgan fingerprint density at radius 2 is 1.81 bits per heavy atom. The largest absolute Gasteiger partial charge is 0.478 e. The summed E-state index contributed by atoms with van der Waals surface area (Å²) < 4.78 is 13.5. The van der Waals surface area contributed by atoms with Crippen LogP contribution >= 0.6 is 0 Å². The number of hydrogen-bond acceptors (Lipinski definition) is 3. The summed E-state index contributed by atoms with van der Waals surface area (Å²) in [5, 5.41) is 8.98. The lowest BCUT2D eigenvalue weighted by Crippen LogP contribution is -2.46. The minimum Gasteiger partial charge on any atom is -0.478 e. The summed E-state index contributed by atoms with van der Waals surface area (Å²) in [7, 11) is 0. The van der Waals surface area contributed by atoms with Crippen LogP contribution in [0.25, 0.3) is 0 Å². The molecule has 114 valence electrons. The Hall–Kier alpha value is -1.46. The second kappa shape index (κ2) is 6.12. The van der Waals surface area contributed by atoms with E-state index >= 15 is 0 Å². The molecule has 0 spiro atoms. The summed E-state index contributed by atoms with van der Waals surface area (Å²) in [5.41, 5.74) is 0.764. The molecule has 0 amide bonds. The molecule has 1 saturated carbocycles. The van der Waals surface area contributed by atoms with Gasteiger partial charge in [-0.15, -0.1) is 0 Å². The maximum absolute atomic E-state index is 13.5. The number of piperazine rings is 1. The normalized spacial score (nSPS) is 20.6. The summed E-state index contributed by atoms with van der Waals surface area (Å²) in [6.45, 7) is 5.87. The summed E-state index contributed by atoms with van der Waals surface area (Å²) in [6.07, 6.45) is 2.75. The van der Waals surface area contributed by atoms with Gasteiger partial charge in [-0.2, -0.15) is 0 Å². The molecule has 1 aromatic carbocycles. The molecule has 0 aromatic heterocycles. The third-order valence-corrected chi connectivity index (χ3v) is 4.29. The van der Waals surface area contributed by atoms with Crippen LogP contribution in [0.3, 0.4) is 0 Å². The zero-order chi connectivity index (χ0) is 14.8. The second-order valence-corrected chi connectivity index (χ2v) is 6.17. The summed E-state index contributed by atoms with van der Waals surface area (Å²) in [5.74, 6) is -0.639. The van der Waals surface area contributed by atoms with Crippen molar-refractivity contribution in [1.82, 2.24) is 9.80 Å². The average Bonchev–Trinajstić information content (AvgIpc) is 3.24. The molecule has 0 bridgehead atoms. The van der Waals surface area contributed by atoms with Crippen molar-refractivity contribution in [2.24, 2.45) is 5.92 Å². The van der Waals surface area contributed by atoms with E-state index in [0.717, 1.165) is 43.7 Å². The van der Waals surface area contributed by atoms with Crippen molar-refractivity contribution < 1.29 is 14.3 Å². The Balaban J connectivity index is 1.55. The summed E-state index contributed by atoms with van der Waals surface area (Å²) >= 11 is 0. The van der Waals surface area contributed by atoms with E-state index in [-0.39, 0.29) is 5.56 Å². The van der Waals surface area contributed by atoms with Gasteiger partial charge in [-0.3, -0.25) is 4.90 Å². The third kappa shape index (κ3) is 4.02. The van der Waals surface area contributed by atoms with Crippen LogP contribution in [-0.2, 0) is 6.54 Å². The number of rotatable bonds is 5. The molecule has 0 atom stereocenters. The Kier molecular flexibility index (Phi) is 4.22. The van der Waals surface area contributed by atoms with Gasteiger partial charge in [0.2, 0.25) is 0 Å². The molecule has 4 nitrogen and oxygen atoms in total. The van der Waals surface area contributed by atoms with Crippen molar-refractivity contribution in [3.8, 4) is 0 Å². The zero-order valence-corrected chi connectivity index (χ0v) is 12.1. The van der Waals surface area contributed by atoms with Gasteiger partial charge in [0.1, 0.15) is 5.82 Å². The van der Waals surface area contributed by atoms with Crippen LogP contribution in [0.2, 0.25) is 0 Å². The van der Waals surface area contributed by atoms with Crippen molar-refractivity contribution in [2.75, 3.05) is 32.7 Å². The van der Waals surface area contributed by atoms with Crippen LogP contribution in [0, 0.1) is 11.7 Å². The highest BCUT2D eigenvalue weighted by atomic mass is 19.1. The fourth-order valence-corrected chi connectivity index (χ4v) is 2.92. The van der Waals surface area contributed by atoms with E-state index in [1.807, 2.05) is 0 Å². The van der Waals surface area contributed by atoms with E-state index in [4.69, 9.17) is 5.11 Å². The zero-order valence-electron chi connectivity index (χ0n) is 12.1. The Morgan fingerprint density at radius 3 is 2.43 bits per heavy atom. The Labute approximate surface area is 124 Å². The third-order valence-electron chi connectivity index (χ3n) is 4.29. The molecular weight excluding hydrogens is 271 g/mol. The molecule has 1 aromatic rings. The highest BCUT2D eigenvalue weighted by Gasteiger charge is 2.26. The lowest BCUT2D eigenvalue weighted by molar-refractivity contribution is 0.0696. The lowest BCUT2D eigenvalue weighted by atomic mass is 10.1. The van der Waals surface area contributed by atoms with Gasteiger partial charge < -0.3 is 10.0 Å². The molecule has 3 rings (SSSR count). The monoisotopic (exact) mass is 292 g/mol. The van der Waals surface area contributed by atoms with E-state index in [9.17, 15) is 9.18 Å². The van der Waals surface area contributed by atoms with Gasteiger partial charge in [0, 0.05) is 39.3 Å². The van der Waals surface area contributed by atoms with Crippen molar-refractivity contribution in [1.29, 1.82) is 0 Å². The van der Waals surface area contributed by atoms with Gasteiger partial charge in [-0.1, -0.05) is 0 Å². The molecule has 1 saturated heterocycles. The molecular formula is C16H21FN2O2. The molecule has 2 aliphatic rings. The fourth-order valence-electron chi connectivity index (χ4n) is 2.92. The Morgan fingerprint density at radius 1 is 1.14 bits per heavy atom. The molecule has 0 unspecified atom stereocenters. The fraction of sp³-hybridized carbons (Fsp3) is 0.562. The van der Waals surface area contributed by atoms with Crippen LogP contribution in [-0.4, -0.2) is 53.6 Å². The van der Waals surface area contributed by atoms with Gasteiger partial charge in [0.05, 0.1) is 5.56 Å². The van der Waals surface area contributed by atoms with Crippen LogP contribution < -0.4 is 0 Å². The van der Waals surface area contributed by atoms with Gasteiger partial charge >= 0.3 is 5.97 Å². The molecule has 1 aliphatic heterocycles. The maximum Gasteiger partial charge on any atom is 0.335 e. The number of halogens is 1. The molecule has 1 aliphatic carbocycles. The van der Waals surface area contributed by atoms with Crippen molar-refractivity contribution in [2.45, 2.75) is 19.4 Å². The van der Waals surface area contributed by atoms with E-state index < -0.39 is 11.8 Å². The number of benzene rings is 1. The first-order chi connectivity index (χ1) is 10.1. The summed E-state index contributed by atoms with van der Waals surface area (Å²) in [6, 6.07) is 4.07. The highest BCUT2D eigenvalue weighted by Crippen LogP contribution is 2.30. The van der Waals surface area contributed by atoms with Crippen LogP contribution in [0.5, 0.6) is 0 Å². The molecule has 2 fully saturated rings. The standard InChI is InChI=1S/C16H21FN2O2/c17-15-8-13(7-14(9-15)16(20)21)11-19-5-3-18(4-6-19)10-12-1-2-12/h7-9,12H,1-6,10-11H2,(H,20,21). The van der Waals surface area contributed by atoms with Crippen molar-refractivity contribution in [3.63, 3.8) is 0 Å². The minimum atomic E-state index is -1.08. The number of carbonyl (C=O) groups is 1. The van der Waals surface area contributed by atoms with Gasteiger partial charge in [0.25, 0.3) is 0 Å². The van der Waals surface area contributed by atoms with E-state index in [1.54, 1.807) is 6.07 Å². The predicted molar refractivity (Wildman–Crippen MR) is 77.8 cm³/mol. The first-order valence-corrected chi connectivity index (χ1v) is 7.57. The average molecular weight is 292 g/mol. The number of aromatic carboxylic acids is 1. The second-order valence-electron chi connectivity index (χ2n) is 6.17. The van der Waals surface area contributed by atoms with Crippen LogP contribution in [0.15, 0.2) is 18.2 Å². The van der Waals surface area contributed by atoms with E-state index in [2.05, 4.69) is 9.80 Å². The number of carboxylic acids is 1. The first kappa shape index (κ1) is 14.5. The van der Waals surface area contributed by atoms with Gasteiger partial charge in [-0.25, -0.2) is 9.18 Å². The molecule has 0 radical (unpaired) electrons. The summed E-state index contributed by atoms with van der Waals surface area (Å²) in [4.78, 5) is 15.7. The van der Waals surface area contributed by atoms with Crippen molar-refractivity contribution in [3.05, 3.63) is 35.1 Å². The maximum atomic E-state index is 13.5. The van der Waals surface area contributed by atoms with E-state index in [0.29, 0.717) is 6.54 Å². The van der Waals surface area contributed by atoms with Gasteiger partial charge in [0.15, 0.2) is 0 Å². The van der Waals surface area contributed by atoms with Crippen LogP contribution in [0.4, 0.5) is 4.39 Å². The molecule has 5 heteroatoms. The predicted octanol–water partition coefficient (Wildman–Crippen LogP) is 2.05. The number of nitrogens with zero attached hydrogens (tertiary/aromatic N) is 2. The highest BCUT2D eigenvalue weighted by molar-refractivity contribution is 5.87. The number of carboxylic acid groups (broad SMARTS) is 1. The quantitative estimate of drug-likeness (QED) is 0.902. The van der Waals surface area contributed by atoms with E-state index in [1.165, 1.54) is 25.5 Å². The molecule has 1 N–H and O–H groups in total. The topological polar surface area (TPSA) is 43.8 Å². The Bertz CT molecular complexity index is 523. The molecule has 1 heterocycles. The number of hydrogen-bond donors (Lipinski definition) is 1. The van der Waals surface area contributed by atoms with Crippen molar-refractivity contribution >= 4 is 5.97 Å². The SMILES string of the molecule is O=C(O)c1cc(F)cc(CN2CCN(CC3CC3)CC2)c1. The first-order valence-electron chi connectivity index (χ1n) is 7.57. The smallest absolute Gasteiger partial charge is 0.335 e. The lowest BCUT2D eigenvalue weighted by Gasteiger charge is -2.34. The minimum absolute atomic E-state index is 0.0253.